The summed E-state index contributed by atoms with van der Waals surface area (Å²) in [4.78, 5) is 4.39. The summed E-state index contributed by atoms with van der Waals surface area (Å²) in [6, 6.07) is 5.95. The highest BCUT2D eigenvalue weighted by Gasteiger charge is 2.11. The van der Waals surface area contributed by atoms with Gasteiger partial charge in [0.2, 0.25) is 5.62 Å². The molecule has 0 saturated heterocycles. The number of rotatable bonds is 2. The van der Waals surface area contributed by atoms with Gasteiger partial charge >= 0.3 is 0 Å². The molecule has 0 aliphatic carbocycles. The predicted molar refractivity (Wildman–Crippen MR) is 80.4 cm³/mol. The highest BCUT2D eigenvalue weighted by Crippen LogP contribution is 2.24. The topological polar surface area (TPSA) is 22.2 Å². The monoisotopic (exact) mass is 297 g/mol. The molecular formula is C14H17Cl2N3. The van der Waals surface area contributed by atoms with Crippen LogP contribution >= 0.6 is 23.2 Å². The fraction of sp³-hybridized carbons (Fsp3) is 0.357. The molecule has 0 N–H and O–H groups in total. The molecule has 0 amide bonds. The van der Waals surface area contributed by atoms with Gasteiger partial charge in [0.15, 0.2) is 0 Å². The Bertz CT molecular complexity index is 666. The van der Waals surface area contributed by atoms with E-state index in [9.17, 15) is 0 Å². The van der Waals surface area contributed by atoms with Gasteiger partial charge in [0, 0.05) is 25.0 Å². The largest absolute Gasteiger partial charge is 0.314 e. The first-order valence-electron chi connectivity index (χ1n) is 6.14. The molecule has 2 rings (SSSR count). The third-order valence-corrected chi connectivity index (χ3v) is 3.77. The molecule has 1 aromatic carbocycles. The number of aryl methyl sites for hydroxylation is 1. The molecule has 0 saturated carbocycles. The van der Waals surface area contributed by atoms with Gasteiger partial charge in [0.05, 0.1) is 15.7 Å². The second-order valence-electron chi connectivity index (χ2n) is 4.73. The van der Waals surface area contributed by atoms with E-state index < -0.39 is 0 Å². The standard InChI is InChI=1S/C14H17Cl2N3/c1-9(2)18-8-10(3)19(14(18)17-4)11-5-6-12(15)13(16)7-11/h5-9H,1-4H3. The predicted octanol–water partition coefficient (Wildman–Crippen LogP) is 4.01. The lowest BCUT2D eigenvalue weighted by atomic mass is 10.3. The molecule has 2 aromatic rings. The van der Waals surface area contributed by atoms with Crippen molar-refractivity contribution in [1.29, 1.82) is 0 Å². The van der Waals surface area contributed by atoms with Crippen LogP contribution in [0.15, 0.2) is 29.4 Å². The molecule has 19 heavy (non-hydrogen) atoms. The minimum Gasteiger partial charge on any atom is -0.314 e. The van der Waals surface area contributed by atoms with Gasteiger partial charge in [0.25, 0.3) is 0 Å². The minimum absolute atomic E-state index is 0.349. The maximum atomic E-state index is 6.10. The average molecular weight is 298 g/mol. The lowest BCUT2D eigenvalue weighted by molar-refractivity contribution is 0.563. The Kier molecular flexibility index (Phi) is 4.07. The lowest BCUT2D eigenvalue weighted by Crippen LogP contribution is -2.26. The van der Waals surface area contributed by atoms with E-state index in [1.54, 1.807) is 13.1 Å². The zero-order valence-corrected chi connectivity index (χ0v) is 13.0. The Balaban J connectivity index is 2.72. The van der Waals surface area contributed by atoms with Crippen LogP contribution in [0, 0.1) is 6.92 Å². The van der Waals surface area contributed by atoms with Crippen molar-refractivity contribution in [3.05, 3.63) is 45.8 Å². The van der Waals surface area contributed by atoms with Crippen molar-refractivity contribution < 1.29 is 0 Å². The van der Waals surface area contributed by atoms with Gasteiger partial charge in [-0.3, -0.25) is 9.56 Å². The number of halogens is 2. The van der Waals surface area contributed by atoms with Crippen LogP contribution in [0.5, 0.6) is 0 Å². The van der Waals surface area contributed by atoms with Crippen LogP contribution < -0.4 is 5.62 Å². The molecule has 3 nitrogen and oxygen atoms in total. The van der Waals surface area contributed by atoms with Crippen LogP contribution in [-0.4, -0.2) is 16.2 Å². The zero-order valence-electron chi connectivity index (χ0n) is 11.5. The Morgan fingerprint density at radius 1 is 1.16 bits per heavy atom. The van der Waals surface area contributed by atoms with Crippen LogP contribution in [0.2, 0.25) is 10.0 Å². The smallest absolute Gasteiger partial charge is 0.209 e. The molecule has 1 aromatic heterocycles. The van der Waals surface area contributed by atoms with Crippen LogP contribution in [0.1, 0.15) is 25.6 Å². The third kappa shape index (κ3) is 2.58. The maximum absolute atomic E-state index is 6.10. The summed E-state index contributed by atoms with van der Waals surface area (Å²) in [6.45, 7) is 6.32. The van der Waals surface area contributed by atoms with Gasteiger partial charge in [-0.05, 0) is 39.0 Å². The second-order valence-corrected chi connectivity index (χ2v) is 5.54. The van der Waals surface area contributed by atoms with Crippen LogP contribution in [0.3, 0.4) is 0 Å². The Morgan fingerprint density at radius 3 is 2.37 bits per heavy atom. The zero-order chi connectivity index (χ0) is 14.2. The third-order valence-electron chi connectivity index (χ3n) is 3.03. The summed E-state index contributed by atoms with van der Waals surface area (Å²) in [6.07, 6.45) is 2.09. The van der Waals surface area contributed by atoms with Gasteiger partial charge in [-0.2, -0.15) is 0 Å². The molecule has 0 fully saturated rings. The number of benzene rings is 1. The van der Waals surface area contributed by atoms with Crippen molar-refractivity contribution in [3.8, 4) is 5.69 Å². The van der Waals surface area contributed by atoms with Crippen molar-refractivity contribution in [2.45, 2.75) is 26.8 Å². The molecule has 0 aliphatic heterocycles. The first-order valence-corrected chi connectivity index (χ1v) is 6.90. The molecule has 102 valence electrons. The van der Waals surface area contributed by atoms with Crippen molar-refractivity contribution in [2.24, 2.45) is 4.99 Å². The quantitative estimate of drug-likeness (QED) is 0.799. The number of hydrogen-bond acceptors (Lipinski definition) is 1. The van der Waals surface area contributed by atoms with Crippen LogP contribution in [0.25, 0.3) is 5.69 Å². The second kappa shape index (κ2) is 5.43. The molecule has 0 spiro atoms. The molecule has 0 radical (unpaired) electrons. The lowest BCUT2D eigenvalue weighted by Gasteiger charge is -2.09. The van der Waals surface area contributed by atoms with Crippen molar-refractivity contribution >= 4 is 23.2 Å². The number of nitrogens with zero attached hydrogens (tertiary/aromatic N) is 3. The van der Waals surface area contributed by atoms with Gasteiger partial charge in [-0.25, -0.2) is 0 Å². The molecule has 1 heterocycles. The molecule has 5 heteroatoms. The minimum atomic E-state index is 0.349. The van der Waals surface area contributed by atoms with Gasteiger partial charge in [0.1, 0.15) is 0 Å². The van der Waals surface area contributed by atoms with E-state index in [0.29, 0.717) is 16.1 Å². The van der Waals surface area contributed by atoms with Gasteiger partial charge in [-0.15, -0.1) is 0 Å². The van der Waals surface area contributed by atoms with Crippen LogP contribution in [-0.2, 0) is 0 Å². The summed E-state index contributed by atoms with van der Waals surface area (Å²) < 4.78 is 4.21. The van der Waals surface area contributed by atoms with Crippen molar-refractivity contribution in [1.82, 2.24) is 9.13 Å². The Labute approximate surface area is 123 Å². The summed E-state index contributed by atoms with van der Waals surface area (Å²) >= 11 is 12.1. The first-order chi connectivity index (χ1) is 8.95. The van der Waals surface area contributed by atoms with Crippen molar-refractivity contribution in [3.63, 3.8) is 0 Å². The molecule has 0 atom stereocenters. The number of hydrogen-bond donors (Lipinski definition) is 0. The van der Waals surface area contributed by atoms with E-state index in [2.05, 4.69) is 41.1 Å². The maximum Gasteiger partial charge on any atom is 0.209 e. The normalized spacial score (nSPS) is 12.5. The molecule has 0 aliphatic rings. The SMILES string of the molecule is CN=c1n(C(C)C)cc(C)n1-c1ccc(Cl)c(Cl)c1. The van der Waals surface area contributed by atoms with Gasteiger partial charge in [-0.1, -0.05) is 23.2 Å². The average Bonchev–Trinajstić information content (AvgIpc) is 2.70. The Morgan fingerprint density at radius 2 is 1.84 bits per heavy atom. The number of aromatic nitrogens is 2. The fourth-order valence-corrected chi connectivity index (χ4v) is 2.42. The van der Waals surface area contributed by atoms with E-state index in [0.717, 1.165) is 17.0 Å². The highest BCUT2D eigenvalue weighted by atomic mass is 35.5. The van der Waals surface area contributed by atoms with Crippen molar-refractivity contribution in [2.75, 3.05) is 7.05 Å². The highest BCUT2D eigenvalue weighted by molar-refractivity contribution is 6.42. The van der Waals surface area contributed by atoms with E-state index >= 15 is 0 Å². The molecular weight excluding hydrogens is 281 g/mol. The summed E-state index contributed by atoms with van der Waals surface area (Å²) in [5, 5.41) is 1.10. The van der Waals surface area contributed by atoms with E-state index in [1.807, 2.05) is 12.1 Å². The molecule has 0 bridgehead atoms. The first kappa shape index (κ1) is 14.2. The summed E-state index contributed by atoms with van der Waals surface area (Å²) in [5.74, 6) is 0. The van der Waals surface area contributed by atoms with Crippen LogP contribution in [0.4, 0.5) is 0 Å². The molecule has 0 unspecified atom stereocenters. The number of imidazole rings is 1. The summed E-state index contributed by atoms with van der Waals surface area (Å²) in [7, 11) is 1.79. The van der Waals surface area contributed by atoms with E-state index in [-0.39, 0.29) is 0 Å². The van der Waals surface area contributed by atoms with E-state index in [1.165, 1.54) is 0 Å². The Hall–Kier alpha value is -1.19. The fourth-order valence-electron chi connectivity index (χ4n) is 2.13. The van der Waals surface area contributed by atoms with Gasteiger partial charge < -0.3 is 4.57 Å². The van der Waals surface area contributed by atoms with E-state index in [4.69, 9.17) is 23.2 Å². The summed E-state index contributed by atoms with van der Waals surface area (Å²) in [5.41, 5.74) is 2.96.